The van der Waals surface area contributed by atoms with Crippen molar-refractivity contribution < 1.29 is 0 Å². The Hall–Kier alpha value is -1.75. The lowest BCUT2D eigenvalue weighted by Gasteiger charge is -2.21. The van der Waals surface area contributed by atoms with Gasteiger partial charge in [0.1, 0.15) is 11.6 Å². The molecule has 0 atom stereocenters. The van der Waals surface area contributed by atoms with Crippen LogP contribution in [0.1, 0.15) is 38.0 Å². The van der Waals surface area contributed by atoms with E-state index in [9.17, 15) is 0 Å². The maximum absolute atomic E-state index is 4.44. The number of nitrogens with zero attached hydrogens (tertiary/aromatic N) is 4. The van der Waals surface area contributed by atoms with Gasteiger partial charge < -0.3 is 5.32 Å². The minimum absolute atomic E-state index is 0.0699. The fourth-order valence-corrected chi connectivity index (χ4v) is 1.84. The molecular formula is C14H21N5. The summed E-state index contributed by atoms with van der Waals surface area (Å²) in [5.74, 6) is 2.46. The average molecular weight is 259 g/mol. The summed E-state index contributed by atoms with van der Waals surface area (Å²) in [4.78, 5) is 8.77. The van der Waals surface area contributed by atoms with Gasteiger partial charge >= 0.3 is 0 Å². The molecule has 0 unspecified atom stereocenters. The van der Waals surface area contributed by atoms with Crippen LogP contribution in [-0.4, -0.2) is 25.3 Å². The highest BCUT2D eigenvalue weighted by atomic mass is 15.4. The van der Waals surface area contributed by atoms with E-state index in [0.717, 1.165) is 29.6 Å². The molecule has 0 aliphatic heterocycles. The van der Waals surface area contributed by atoms with Crippen molar-refractivity contribution in [3.8, 4) is 5.82 Å². The summed E-state index contributed by atoms with van der Waals surface area (Å²) >= 11 is 0. The van der Waals surface area contributed by atoms with Crippen molar-refractivity contribution in [2.75, 3.05) is 0 Å². The predicted octanol–water partition coefficient (Wildman–Crippen LogP) is 2.17. The van der Waals surface area contributed by atoms with Crippen molar-refractivity contribution in [1.29, 1.82) is 0 Å². The predicted molar refractivity (Wildman–Crippen MR) is 75.2 cm³/mol. The largest absolute Gasteiger partial charge is 0.308 e. The first-order valence-corrected chi connectivity index (χ1v) is 6.46. The van der Waals surface area contributed by atoms with Gasteiger partial charge in [-0.3, -0.25) is 0 Å². The fourth-order valence-electron chi connectivity index (χ4n) is 1.84. The first-order valence-electron chi connectivity index (χ1n) is 6.46. The molecule has 0 radical (unpaired) electrons. The molecule has 0 bridgehead atoms. The molecule has 2 rings (SSSR count). The smallest absolute Gasteiger partial charge is 0.159 e. The van der Waals surface area contributed by atoms with Crippen molar-refractivity contribution in [3.05, 3.63) is 35.5 Å². The molecule has 0 aliphatic rings. The van der Waals surface area contributed by atoms with E-state index >= 15 is 0 Å². The Bertz CT molecular complexity index is 565. The van der Waals surface area contributed by atoms with Gasteiger partial charge in [0.2, 0.25) is 0 Å². The minimum atomic E-state index is 0.0699. The van der Waals surface area contributed by atoms with E-state index in [1.165, 1.54) is 0 Å². The zero-order valence-corrected chi connectivity index (χ0v) is 12.2. The van der Waals surface area contributed by atoms with E-state index in [2.05, 4.69) is 47.2 Å². The molecule has 0 saturated heterocycles. The number of aryl methyl sites for hydroxylation is 2. The molecular weight excluding hydrogens is 238 g/mol. The Morgan fingerprint density at radius 3 is 2.58 bits per heavy atom. The van der Waals surface area contributed by atoms with Gasteiger partial charge in [-0.1, -0.05) is 6.07 Å². The molecule has 0 saturated carbocycles. The number of aromatic nitrogens is 4. The molecule has 2 heterocycles. The number of hydrogen-bond acceptors (Lipinski definition) is 4. The topological polar surface area (TPSA) is 55.6 Å². The van der Waals surface area contributed by atoms with Gasteiger partial charge in [-0.2, -0.15) is 4.68 Å². The lowest BCUT2D eigenvalue weighted by molar-refractivity contribution is 0.423. The maximum Gasteiger partial charge on any atom is 0.159 e. The Morgan fingerprint density at radius 2 is 2.00 bits per heavy atom. The zero-order valence-electron chi connectivity index (χ0n) is 12.2. The van der Waals surface area contributed by atoms with Crippen LogP contribution < -0.4 is 5.32 Å². The third kappa shape index (κ3) is 3.38. The Labute approximate surface area is 114 Å². The summed E-state index contributed by atoms with van der Waals surface area (Å²) in [7, 11) is 0. The first kappa shape index (κ1) is 13.7. The molecule has 0 amide bonds. The molecule has 0 spiro atoms. The van der Waals surface area contributed by atoms with Gasteiger partial charge in [-0.15, -0.1) is 5.10 Å². The monoisotopic (exact) mass is 259 g/mol. The van der Waals surface area contributed by atoms with E-state index < -0.39 is 0 Å². The summed E-state index contributed by atoms with van der Waals surface area (Å²) in [5, 5.41) is 7.87. The zero-order chi connectivity index (χ0) is 14.0. The van der Waals surface area contributed by atoms with E-state index in [0.29, 0.717) is 0 Å². The third-order valence-electron chi connectivity index (χ3n) is 2.75. The van der Waals surface area contributed by atoms with Gasteiger partial charge in [-0.05, 0) is 40.7 Å². The quantitative estimate of drug-likeness (QED) is 0.917. The fraction of sp³-hybridized carbons (Fsp3) is 0.500. The van der Waals surface area contributed by atoms with Crippen LogP contribution in [0.4, 0.5) is 0 Å². The first-order chi connectivity index (χ1) is 8.87. The Kier molecular flexibility index (Phi) is 3.66. The minimum Gasteiger partial charge on any atom is -0.308 e. The summed E-state index contributed by atoms with van der Waals surface area (Å²) < 4.78 is 1.80. The Morgan fingerprint density at radius 1 is 1.26 bits per heavy atom. The van der Waals surface area contributed by atoms with Crippen LogP contribution >= 0.6 is 0 Å². The van der Waals surface area contributed by atoms with Gasteiger partial charge in [0.15, 0.2) is 5.82 Å². The molecule has 102 valence electrons. The van der Waals surface area contributed by atoms with Crippen LogP contribution in [0.5, 0.6) is 0 Å². The lowest BCUT2D eigenvalue weighted by atomic mass is 10.1. The molecule has 0 fully saturated rings. The SMILES string of the molecule is Cc1nc(C)n(-c2ncccc2CNC(C)(C)C)n1. The van der Waals surface area contributed by atoms with Crippen molar-refractivity contribution in [3.63, 3.8) is 0 Å². The standard InChI is InChI=1S/C14H21N5/c1-10-17-11(2)19(18-10)13-12(7-6-8-15-13)9-16-14(3,4)5/h6-8,16H,9H2,1-5H3. The van der Waals surface area contributed by atoms with Crippen molar-refractivity contribution in [1.82, 2.24) is 25.1 Å². The molecule has 5 heteroatoms. The molecule has 2 aromatic heterocycles. The third-order valence-corrected chi connectivity index (χ3v) is 2.75. The van der Waals surface area contributed by atoms with Crippen LogP contribution in [0, 0.1) is 13.8 Å². The van der Waals surface area contributed by atoms with Gasteiger partial charge in [0.25, 0.3) is 0 Å². The lowest BCUT2D eigenvalue weighted by Crippen LogP contribution is -2.35. The van der Waals surface area contributed by atoms with E-state index in [4.69, 9.17) is 0 Å². The van der Waals surface area contributed by atoms with Crippen LogP contribution in [0.3, 0.4) is 0 Å². The summed E-state index contributed by atoms with van der Waals surface area (Å²) in [6.07, 6.45) is 1.78. The van der Waals surface area contributed by atoms with E-state index in [1.54, 1.807) is 10.9 Å². The molecule has 0 aromatic carbocycles. The summed E-state index contributed by atoms with van der Waals surface area (Å²) in [6, 6.07) is 4.01. The van der Waals surface area contributed by atoms with Crippen LogP contribution in [0.2, 0.25) is 0 Å². The highest BCUT2D eigenvalue weighted by Gasteiger charge is 2.14. The maximum atomic E-state index is 4.44. The average Bonchev–Trinajstić information content (AvgIpc) is 2.65. The number of rotatable bonds is 3. The van der Waals surface area contributed by atoms with Gasteiger partial charge in [0, 0.05) is 23.8 Å². The van der Waals surface area contributed by atoms with Gasteiger partial charge in [0.05, 0.1) is 0 Å². The molecule has 19 heavy (non-hydrogen) atoms. The summed E-state index contributed by atoms with van der Waals surface area (Å²) in [6.45, 7) is 11.0. The van der Waals surface area contributed by atoms with Crippen molar-refractivity contribution >= 4 is 0 Å². The summed E-state index contributed by atoms with van der Waals surface area (Å²) in [5.41, 5.74) is 1.19. The van der Waals surface area contributed by atoms with Gasteiger partial charge in [-0.25, -0.2) is 9.97 Å². The van der Waals surface area contributed by atoms with Crippen LogP contribution in [0.15, 0.2) is 18.3 Å². The number of nitrogens with one attached hydrogen (secondary N) is 1. The highest BCUT2D eigenvalue weighted by molar-refractivity contribution is 5.33. The number of hydrogen-bond donors (Lipinski definition) is 1. The second-order valence-electron chi connectivity index (χ2n) is 5.71. The Balaban J connectivity index is 2.34. The molecule has 0 aliphatic carbocycles. The van der Waals surface area contributed by atoms with Crippen LogP contribution in [0.25, 0.3) is 5.82 Å². The molecule has 2 aromatic rings. The number of pyridine rings is 1. The van der Waals surface area contributed by atoms with Crippen molar-refractivity contribution in [2.24, 2.45) is 0 Å². The van der Waals surface area contributed by atoms with E-state index in [1.807, 2.05) is 19.9 Å². The second-order valence-corrected chi connectivity index (χ2v) is 5.71. The second kappa shape index (κ2) is 5.09. The normalized spacial score (nSPS) is 11.8. The molecule has 1 N–H and O–H groups in total. The van der Waals surface area contributed by atoms with E-state index in [-0.39, 0.29) is 5.54 Å². The van der Waals surface area contributed by atoms with Crippen molar-refractivity contribution in [2.45, 2.75) is 46.7 Å². The highest BCUT2D eigenvalue weighted by Crippen LogP contribution is 2.13. The molecule has 5 nitrogen and oxygen atoms in total. The van der Waals surface area contributed by atoms with Crippen LogP contribution in [-0.2, 0) is 6.54 Å².